The maximum absolute atomic E-state index is 7.56. The zero-order valence-electron chi connectivity index (χ0n) is 11.7. The third-order valence-electron chi connectivity index (χ3n) is 3.36. The SMILES string of the molecule is C[C@H](Oc1cccc2sc(C(=N)N)cc12)c1ccccc1. The Morgan fingerprint density at radius 1 is 1.14 bits per heavy atom. The molecular formula is C17H16N2OS. The van der Waals surface area contributed by atoms with Gasteiger partial charge in [-0.2, -0.15) is 0 Å². The number of amidine groups is 1. The quantitative estimate of drug-likeness (QED) is 0.556. The highest BCUT2D eigenvalue weighted by Crippen LogP contribution is 2.34. The molecule has 0 radical (unpaired) electrons. The van der Waals surface area contributed by atoms with Crippen molar-refractivity contribution in [3.8, 4) is 5.75 Å². The molecule has 0 unspecified atom stereocenters. The van der Waals surface area contributed by atoms with Crippen LogP contribution in [-0.4, -0.2) is 5.84 Å². The summed E-state index contributed by atoms with van der Waals surface area (Å²) >= 11 is 1.51. The molecule has 2 aromatic carbocycles. The predicted molar refractivity (Wildman–Crippen MR) is 88.3 cm³/mol. The molecule has 0 fully saturated rings. The second-order valence-corrected chi connectivity index (χ2v) is 5.95. The fourth-order valence-electron chi connectivity index (χ4n) is 2.25. The Labute approximate surface area is 127 Å². The lowest BCUT2D eigenvalue weighted by Crippen LogP contribution is -2.08. The lowest BCUT2D eigenvalue weighted by Gasteiger charge is -2.15. The second-order valence-electron chi connectivity index (χ2n) is 4.86. The van der Waals surface area contributed by atoms with E-state index in [-0.39, 0.29) is 11.9 Å². The normalized spacial score (nSPS) is 12.2. The molecule has 0 amide bonds. The van der Waals surface area contributed by atoms with Crippen molar-refractivity contribution in [3.05, 3.63) is 65.0 Å². The van der Waals surface area contributed by atoms with Crippen LogP contribution in [0.15, 0.2) is 54.6 Å². The molecule has 3 aromatic rings. The number of nitrogens with one attached hydrogen (secondary N) is 1. The zero-order chi connectivity index (χ0) is 14.8. The summed E-state index contributed by atoms with van der Waals surface area (Å²) in [5.74, 6) is 0.922. The molecule has 106 valence electrons. The lowest BCUT2D eigenvalue weighted by atomic mass is 10.1. The minimum absolute atomic E-state index is 0.0301. The number of fused-ring (bicyclic) bond motifs is 1. The van der Waals surface area contributed by atoms with Gasteiger partial charge in [-0.1, -0.05) is 36.4 Å². The van der Waals surface area contributed by atoms with Gasteiger partial charge in [-0.3, -0.25) is 5.41 Å². The molecule has 3 nitrogen and oxygen atoms in total. The van der Waals surface area contributed by atoms with Crippen molar-refractivity contribution >= 4 is 27.3 Å². The van der Waals surface area contributed by atoms with Gasteiger partial charge in [0.25, 0.3) is 0 Å². The molecule has 1 atom stereocenters. The predicted octanol–water partition coefficient (Wildman–Crippen LogP) is 4.33. The van der Waals surface area contributed by atoms with Crippen molar-refractivity contribution in [3.63, 3.8) is 0 Å². The number of ether oxygens (including phenoxy) is 1. The molecule has 3 N–H and O–H groups in total. The van der Waals surface area contributed by atoms with Gasteiger partial charge in [-0.25, -0.2) is 0 Å². The molecule has 0 aliphatic carbocycles. The van der Waals surface area contributed by atoms with Crippen molar-refractivity contribution in [2.75, 3.05) is 0 Å². The summed E-state index contributed by atoms with van der Waals surface area (Å²) < 4.78 is 7.18. The third kappa shape index (κ3) is 2.76. The van der Waals surface area contributed by atoms with Crippen LogP contribution in [0.5, 0.6) is 5.75 Å². The van der Waals surface area contributed by atoms with Crippen molar-refractivity contribution < 1.29 is 4.74 Å². The Bertz CT molecular complexity index is 780. The summed E-state index contributed by atoms with van der Waals surface area (Å²) in [6, 6.07) is 18.0. The van der Waals surface area contributed by atoms with E-state index in [9.17, 15) is 0 Å². The standard InChI is InChI=1S/C17H16N2OS/c1-11(12-6-3-2-4-7-12)20-14-8-5-9-15-13(14)10-16(21-15)17(18)19/h2-11H,1H3,(H3,18,19)/t11-/m0/s1. The van der Waals surface area contributed by atoms with Gasteiger partial charge in [0, 0.05) is 10.1 Å². The van der Waals surface area contributed by atoms with Crippen LogP contribution in [0.1, 0.15) is 23.5 Å². The molecule has 3 rings (SSSR count). The first-order chi connectivity index (χ1) is 10.1. The number of nitrogen functional groups attached to an aromatic ring is 1. The van der Waals surface area contributed by atoms with Gasteiger partial charge in [0.1, 0.15) is 17.7 Å². The molecule has 0 saturated carbocycles. The molecule has 1 aromatic heterocycles. The summed E-state index contributed by atoms with van der Waals surface area (Å²) in [6.45, 7) is 2.03. The second kappa shape index (κ2) is 5.58. The molecule has 0 bridgehead atoms. The lowest BCUT2D eigenvalue weighted by molar-refractivity contribution is 0.230. The van der Waals surface area contributed by atoms with Crippen molar-refractivity contribution in [1.29, 1.82) is 5.41 Å². The van der Waals surface area contributed by atoms with Crippen molar-refractivity contribution in [2.45, 2.75) is 13.0 Å². The number of nitrogens with two attached hydrogens (primary N) is 1. The Balaban J connectivity index is 1.95. The largest absolute Gasteiger partial charge is 0.485 e. The van der Waals surface area contributed by atoms with E-state index in [2.05, 4.69) is 12.1 Å². The van der Waals surface area contributed by atoms with E-state index in [4.69, 9.17) is 15.9 Å². The average molecular weight is 296 g/mol. The van der Waals surface area contributed by atoms with E-state index in [0.717, 1.165) is 26.3 Å². The molecule has 0 aliphatic rings. The maximum atomic E-state index is 7.56. The van der Waals surface area contributed by atoms with Gasteiger partial charge in [-0.15, -0.1) is 11.3 Å². The highest BCUT2D eigenvalue weighted by atomic mass is 32.1. The zero-order valence-corrected chi connectivity index (χ0v) is 12.5. The van der Waals surface area contributed by atoms with Gasteiger partial charge in [-0.05, 0) is 30.7 Å². The van der Waals surface area contributed by atoms with Crippen LogP contribution in [0, 0.1) is 5.41 Å². The first kappa shape index (κ1) is 13.6. The van der Waals surface area contributed by atoms with Crippen LogP contribution in [0.4, 0.5) is 0 Å². The van der Waals surface area contributed by atoms with Gasteiger partial charge in [0.05, 0.1) is 4.88 Å². The van der Waals surface area contributed by atoms with Gasteiger partial charge in [0.15, 0.2) is 0 Å². The summed E-state index contributed by atoms with van der Waals surface area (Å²) in [5, 5.41) is 8.57. The number of benzene rings is 2. The van der Waals surface area contributed by atoms with Crippen molar-refractivity contribution in [1.82, 2.24) is 0 Å². The Morgan fingerprint density at radius 3 is 2.62 bits per heavy atom. The smallest absolute Gasteiger partial charge is 0.133 e. The van der Waals surface area contributed by atoms with Crippen LogP contribution >= 0.6 is 11.3 Å². The summed E-state index contributed by atoms with van der Waals surface area (Å²) in [6.07, 6.45) is -0.0301. The van der Waals surface area contributed by atoms with E-state index in [0.29, 0.717) is 0 Å². The number of rotatable bonds is 4. The van der Waals surface area contributed by atoms with Gasteiger partial charge in [0.2, 0.25) is 0 Å². The van der Waals surface area contributed by atoms with Crippen LogP contribution in [0.3, 0.4) is 0 Å². The third-order valence-corrected chi connectivity index (χ3v) is 4.49. The fourth-order valence-corrected chi connectivity index (χ4v) is 3.19. The summed E-state index contributed by atoms with van der Waals surface area (Å²) in [4.78, 5) is 0.772. The molecule has 0 spiro atoms. The molecule has 4 heteroatoms. The summed E-state index contributed by atoms with van der Waals surface area (Å²) in [7, 11) is 0. The first-order valence-electron chi connectivity index (χ1n) is 6.73. The molecular weight excluding hydrogens is 280 g/mol. The van der Waals surface area contributed by atoms with Crippen LogP contribution in [0.2, 0.25) is 0 Å². The maximum Gasteiger partial charge on any atom is 0.133 e. The van der Waals surface area contributed by atoms with E-state index in [1.54, 1.807) is 0 Å². The van der Waals surface area contributed by atoms with E-state index < -0.39 is 0 Å². The Hall–Kier alpha value is -2.33. The van der Waals surface area contributed by atoms with Crippen molar-refractivity contribution in [2.24, 2.45) is 5.73 Å². The highest BCUT2D eigenvalue weighted by Gasteiger charge is 2.12. The topological polar surface area (TPSA) is 59.1 Å². The summed E-state index contributed by atoms with van der Waals surface area (Å²) in [5.41, 5.74) is 6.71. The highest BCUT2D eigenvalue weighted by molar-refractivity contribution is 7.20. The minimum atomic E-state index is -0.0301. The molecule has 0 aliphatic heterocycles. The molecule has 0 saturated heterocycles. The number of hydrogen-bond donors (Lipinski definition) is 2. The van der Waals surface area contributed by atoms with Gasteiger partial charge >= 0.3 is 0 Å². The minimum Gasteiger partial charge on any atom is -0.485 e. The molecule has 1 heterocycles. The molecule has 21 heavy (non-hydrogen) atoms. The Morgan fingerprint density at radius 2 is 1.90 bits per heavy atom. The number of hydrogen-bond acceptors (Lipinski definition) is 3. The van der Waals surface area contributed by atoms with Crippen LogP contribution in [-0.2, 0) is 0 Å². The Kier molecular flexibility index (Phi) is 3.62. The van der Waals surface area contributed by atoms with Crippen LogP contribution < -0.4 is 10.5 Å². The average Bonchev–Trinajstić information content (AvgIpc) is 2.93. The van der Waals surface area contributed by atoms with E-state index >= 15 is 0 Å². The van der Waals surface area contributed by atoms with Gasteiger partial charge < -0.3 is 10.5 Å². The van der Waals surface area contributed by atoms with E-state index in [1.165, 1.54) is 11.3 Å². The monoisotopic (exact) mass is 296 g/mol. The van der Waals surface area contributed by atoms with Crippen LogP contribution in [0.25, 0.3) is 10.1 Å². The fraction of sp³-hybridized carbons (Fsp3) is 0.118. The first-order valence-corrected chi connectivity index (χ1v) is 7.55. The number of thiophene rings is 1. The van der Waals surface area contributed by atoms with E-state index in [1.807, 2.05) is 49.4 Å².